The third-order valence-electron chi connectivity index (χ3n) is 11.9. The molecule has 7 atom stereocenters. The van der Waals surface area contributed by atoms with Crippen LogP contribution in [-0.4, -0.2) is 63.2 Å². The monoisotopic (exact) mass is 506 g/mol. The Kier molecular flexibility index (Phi) is 4.67. The molecule has 6 nitrogen and oxygen atoms in total. The van der Waals surface area contributed by atoms with Gasteiger partial charge in [0.15, 0.2) is 11.5 Å². The van der Waals surface area contributed by atoms with E-state index in [1.165, 1.54) is 54.4 Å². The van der Waals surface area contributed by atoms with Crippen molar-refractivity contribution in [3.8, 4) is 11.5 Å². The van der Waals surface area contributed by atoms with Gasteiger partial charge in [0, 0.05) is 42.8 Å². The molecule has 0 radical (unpaired) electrons. The van der Waals surface area contributed by atoms with Crippen LogP contribution in [0, 0.1) is 17.3 Å². The number of likely N-dealkylation sites (N-methyl/N-ethyl adjacent to an activating group) is 1. The van der Waals surface area contributed by atoms with Crippen LogP contribution in [0.3, 0.4) is 0 Å². The van der Waals surface area contributed by atoms with Crippen LogP contribution in [0.2, 0.25) is 0 Å². The van der Waals surface area contributed by atoms with Crippen LogP contribution in [-0.2, 0) is 27.9 Å². The van der Waals surface area contributed by atoms with E-state index in [0.717, 1.165) is 42.4 Å². The Bertz CT molecular complexity index is 1220. The van der Waals surface area contributed by atoms with Crippen LogP contribution in [0.4, 0.5) is 0 Å². The van der Waals surface area contributed by atoms with Gasteiger partial charge in [-0.05, 0) is 55.9 Å². The second-order valence-corrected chi connectivity index (χ2v) is 13.2. The number of ether oxygens (including phenoxy) is 4. The molecule has 198 valence electrons. The number of nitrogens with zero attached hydrogens (tertiary/aromatic N) is 1. The minimum absolute atomic E-state index is 0.00219. The number of furan rings is 1. The minimum Gasteiger partial charge on any atom is -0.493 e. The van der Waals surface area contributed by atoms with E-state index >= 15 is 0 Å². The van der Waals surface area contributed by atoms with Crippen molar-refractivity contribution in [3.63, 3.8) is 0 Å². The number of methoxy groups -OCH3 is 2. The Morgan fingerprint density at radius 2 is 2.00 bits per heavy atom. The van der Waals surface area contributed by atoms with Crippen LogP contribution in [0.15, 0.2) is 34.9 Å². The van der Waals surface area contributed by atoms with E-state index in [4.69, 9.17) is 23.4 Å². The molecule has 9 rings (SSSR count). The maximum Gasteiger partial charge on any atom is 0.165 e. The van der Waals surface area contributed by atoms with E-state index < -0.39 is 0 Å². The zero-order valence-electron chi connectivity index (χ0n) is 22.5. The van der Waals surface area contributed by atoms with E-state index in [2.05, 4.69) is 19.2 Å². The lowest BCUT2D eigenvalue weighted by molar-refractivity contribution is -0.952. The van der Waals surface area contributed by atoms with E-state index in [-0.39, 0.29) is 28.5 Å². The predicted octanol–water partition coefficient (Wildman–Crippen LogP) is 4.87. The highest BCUT2D eigenvalue weighted by Crippen LogP contribution is 2.77. The molecule has 5 fully saturated rings. The molecule has 2 aromatic rings. The van der Waals surface area contributed by atoms with Crippen LogP contribution >= 0.6 is 0 Å². The zero-order valence-corrected chi connectivity index (χ0v) is 22.5. The highest BCUT2D eigenvalue weighted by molar-refractivity contribution is 5.63. The van der Waals surface area contributed by atoms with Crippen LogP contribution < -0.4 is 9.47 Å². The van der Waals surface area contributed by atoms with E-state index in [9.17, 15) is 0 Å². The van der Waals surface area contributed by atoms with Crippen molar-refractivity contribution in [3.05, 3.63) is 47.4 Å². The fourth-order valence-corrected chi connectivity index (χ4v) is 10.3. The van der Waals surface area contributed by atoms with Crippen LogP contribution in [0.1, 0.15) is 55.4 Å². The minimum atomic E-state index is -0.356. The Balaban J connectivity index is 1.26. The molecule has 0 N–H and O–H groups in total. The molecule has 1 aromatic heterocycles. The van der Waals surface area contributed by atoms with Gasteiger partial charge in [0.1, 0.15) is 24.1 Å². The lowest BCUT2D eigenvalue weighted by Crippen LogP contribution is -2.83. The fraction of sp³-hybridized carbons (Fsp3) is 0.677. The van der Waals surface area contributed by atoms with Crippen molar-refractivity contribution in [2.45, 2.75) is 74.7 Å². The van der Waals surface area contributed by atoms with E-state index in [1.807, 2.05) is 19.2 Å². The molecule has 6 heteroatoms. The normalized spacial score (nSPS) is 42.4. The average Bonchev–Trinajstić information content (AvgIpc) is 3.40. The summed E-state index contributed by atoms with van der Waals surface area (Å²) in [6.45, 7) is 3.75. The number of quaternary nitrogens is 1. The fourth-order valence-electron chi connectivity index (χ4n) is 10.3. The van der Waals surface area contributed by atoms with E-state index in [1.54, 1.807) is 13.4 Å². The van der Waals surface area contributed by atoms with Gasteiger partial charge in [0.05, 0.1) is 51.6 Å². The van der Waals surface area contributed by atoms with Crippen molar-refractivity contribution < 1.29 is 27.8 Å². The first-order chi connectivity index (χ1) is 18.0. The molecule has 2 aliphatic heterocycles. The van der Waals surface area contributed by atoms with Gasteiger partial charge in [-0.25, -0.2) is 0 Å². The third-order valence-corrected chi connectivity index (χ3v) is 11.9. The molecule has 4 saturated carbocycles. The van der Waals surface area contributed by atoms with Crippen molar-refractivity contribution >= 4 is 0 Å². The van der Waals surface area contributed by atoms with Gasteiger partial charge in [-0.15, -0.1) is 0 Å². The number of fused-ring (bicyclic) bond motifs is 2. The SMILES string of the molecule is COc1ccc2c3c1O[C@H]1[C@@]4(OC)CC[C@@]5(C[C@@H]4COCc4ccco4)[C@@H](C2)[N+](C)(CC2CC2)CC[C@]315. The zero-order chi connectivity index (χ0) is 25.0. The number of hydrogen-bond donors (Lipinski definition) is 0. The smallest absolute Gasteiger partial charge is 0.165 e. The Labute approximate surface area is 219 Å². The molecule has 1 unspecified atom stereocenters. The summed E-state index contributed by atoms with van der Waals surface area (Å²) < 4.78 is 32.8. The maximum absolute atomic E-state index is 7.14. The average molecular weight is 507 g/mol. The first-order valence-corrected chi connectivity index (χ1v) is 14.4. The highest BCUT2D eigenvalue weighted by atomic mass is 16.6. The van der Waals surface area contributed by atoms with Gasteiger partial charge in [-0.1, -0.05) is 6.07 Å². The topological polar surface area (TPSA) is 50.1 Å². The molecule has 4 bridgehead atoms. The van der Waals surface area contributed by atoms with Gasteiger partial charge in [-0.3, -0.25) is 0 Å². The Hall–Kier alpha value is -2.02. The molecule has 37 heavy (non-hydrogen) atoms. The third kappa shape index (κ3) is 2.72. The van der Waals surface area contributed by atoms with Crippen molar-refractivity contribution in [2.24, 2.45) is 17.3 Å². The van der Waals surface area contributed by atoms with Gasteiger partial charge in [0.2, 0.25) is 0 Å². The number of hydrogen-bond acceptors (Lipinski definition) is 5. The molecule has 0 amide bonds. The molecular formula is C31H40NO5+. The lowest BCUT2D eigenvalue weighted by atomic mass is 9.34. The molecule has 1 aromatic carbocycles. The maximum atomic E-state index is 7.14. The summed E-state index contributed by atoms with van der Waals surface area (Å²) in [7, 11) is 6.27. The Morgan fingerprint density at radius 1 is 1.11 bits per heavy atom. The highest BCUT2D eigenvalue weighted by Gasteiger charge is 2.83. The quantitative estimate of drug-likeness (QED) is 0.478. The van der Waals surface area contributed by atoms with Crippen molar-refractivity contribution in [1.82, 2.24) is 0 Å². The summed E-state index contributed by atoms with van der Waals surface area (Å²) in [6, 6.07) is 9.03. The summed E-state index contributed by atoms with van der Waals surface area (Å²) in [5.41, 5.74) is 2.82. The molecule has 5 aliphatic carbocycles. The van der Waals surface area contributed by atoms with Gasteiger partial charge >= 0.3 is 0 Å². The van der Waals surface area contributed by atoms with Crippen LogP contribution in [0.5, 0.6) is 11.5 Å². The molecule has 1 saturated heterocycles. The van der Waals surface area contributed by atoms with Crippen molar-refractivity contribution in [2.75, 3.05) is 41.0 Å². The van der Waals surface area contributed by atoms with Crippen LogP contribution in [0.25, 0.3) is 0 Å². The standard InChI is InChI=1S/C31H40NO5/c1-32(17-20-6-7-20)13-12-30-26-21-8-9-24(33-2)27(26)37-28(30)31(34-3)11-10-29(30,25(32)15-21)16-22(31)18-35-19-23-5-4-14-36-23/h4-5,8-9,14,20,22,25,28H,6-7,10-13,15-19H2,1-3H3/q+1/t22-,25-,28-,29-,30+,31-,32?/m1/s1. The predicted molar refractivity (Wildman–Crippen MR) is 138 cm³/mol. The summed E-state index contributed by atoms with van der Waals surface area (Å²) in [6.07, 6.45) is 10.3. The first-order valence-electron chi connectivity index (χ1n) is 14.4. The van der Waals surface area contributed by atoms with Crippen molar-refractivity contribution in [1.29, 1.82) is 0 Å². The second kappa shape index (κ2) is 7.55. The summed E-state index contributed by atoms with van der Waals surface area (Å²) in [4.78, 5) is 0. The summed E-state index contributed by atoms with van der Waals surface area (Å²) in [5.74, 6) is 3.97. The summed E-state index contributed by atoms with van der Waals surface area (Å²) in [5, 5.41) is 0. The number of piperidine rings is 1. The molecular weight excluding hydrogens is 466 g/mol. The number of likely N-dealkylation sites (tertiary alicyclic amines) is 1. The second-order valence-electron chi connectivity index (χ2n) is 13.2. The lowest BCUT2D eigenvalue weighted by Gasteiger charge is -2.74. The molecule has 3 heterocycles. The first kappa shape index (κ1) is 22.9. The summed E-state index contributed by atoms with van der Waals surface area (Å²) >= 11 is 0. The molecule has 2 spiro atoms. The number of benzene rings is 1. The van der Waals surface area contributed by atoms with Gasteiger partial charge in [-0.2, -0.15) is 0 Å². The van der Waals surface area contributed by atoms with Gasteiger partial charge < -0.3 is 27.8 Å². The Morgan fingerprint density at radius 3 is 2.76 bits per heavy atom. The van der Waals surface area contributed by atoms with Gasteiger partial charge in [0.25, 0.3) is 0 Å². The molecule has 7 aliphatic rings. The largest absolute Gasteiger partial charge is 0.493 e. The number of rotatable bonds is 8. The van der Waals surface area contributed by atoms with E-state index in [0.29, 0.717) is 19.3 Å².